The van der Waals surface area contributed by atoms with Crippen LogP contribution in [0.15, 0.2) is 36.4 Å². The van der Waals surface area contributed by atoms with Gasteiger partial charge in [-0.05, 0) is 100 Å². The molecule has 0 spiro atoms. The summed E-state index contributed by atoms with van der Waals surface area (Å²) < 4.78 is 10.9. The Kier molecular flexibility index (Phi) is 9.68. The highest BCUT2D eigenvalue weighted by atomic mass is 16.5. The molecule has 54 heavy (non-hydrogen) atoms. The SMILES string of the molecule is CCC1=C(C)c2cc3[nH]c(cc4nc(c5c6[nH]c(cc1n2)c(C)c6C(=O)N(Cc1cc(C)cc(C)c1)C5=O)[C@@H](CCC(=O)OC)[C@@H]4C)c(C)c3C(C)OC. The zero-order valence-corrected chi connectivity index (χ0v) is 32.9. The molecule has 10 nitrogen and oxygen atoms in total. The number of methoxy groups -OCH3 is 2. The maximum Gasteiger partial charge on any atom is 0.305 e. The Balaban J connectivity index is 1.61. The second kappa shape index (κ2) is 14.1. The van der Waals surface area contributed by atoms with E-state index in [1.54, 1.807) is 7.11 Å². The average Bonchev–Trinajstić information content (AvgIpc) is 3.81. The van der Waals surface area contributed by atoms with Gasteiger partial charge < -0.3 is 19.4 Å². The van der Waals surface area contributed by atoms with Crippen molar-refractivity contribution in [3.63, 3.8) is 0 Å². The fourth-order valence-corrected chi connectivity index (χ4v) is 8.65. The predicted octanol–water partition coefficient (Wildman–Crippen LogP) is 9.23. The summed E-state index contributed by atoms with van der Waals surface area (Å²) in [6, 6.07) is 12.2. The number of benzene rings is 1. The molecule has 0 saturated carbocycles. The summed E-state index contributed by atoms with van der Waals surface area (Å²) in [6.45, 7) is 16.5. The first kappa shape index (κ1) is 37.0. The lowest BCUT2D eigenvalue weighted by Crippen LogP contribution is -2.40. The molecule has 3 atom stereocenters. The van der Waals surface area contributed by atoms with Gasteiger partial charge in [-0.25, -0.2) is 4.98 Å². The van der Waals surface area contributed by atoms with Crippen molar-refractivity contribution in [2.45, 2.75) is 99.1 Å². The van der Waals surface area contributed by atoms with E-state index in [1.165, 1.54) is 12.0 Å². The van der Waals surface area contributed by atoms with Crippen molar-refractivity contribution in [2.24, 2.45) is 0 Å². The van der Waals surface area contributed by atoms with Crippen molar-refractivity contribution >= 4 is 51.0 Å². The van der Waals surface area contributed by atoms with E-state index in [0.717, 1.165) is 79.1 Å². The molecule has 2 amide bonds. The van der Waals surface area contributed by atoms with Gasteiger partial charge in [0.05, 0.1) is 53.5 Å². The molecule has 0 radical (unpaired) electrons. The normalized spacial score (nSPS) is 17.4. The number of hydrogen-bond donors (Lipinski definition) is 2. The third-order valence-electron chi connectivity index (χ3n) is 11.6. The Morgan fingerprint density at radius 2 is 1.52 bits per heavy atom. The van der Waals surface area contributed by atoms with Crippen molar-refractivity contribution in [3.05, 3.63) is 104 Å². The van der Waals surface area contributed by atoms with Crippen LogP contribution >= 0.6 is 0 Å². The molecule has 0 aliphatic carbocycles. The molecule has 1 aromatic carbocycles. The molecule has 3 aliphatic heterocycles. The quantitative estimate of drug-likeness (QED) is 0.137. The van der Waals surface area contributed by atoms with E-state index in [-0.39, 0.29) is 42.8 Å². The number of nitrogens with one attached hydrogen (secondary N) is 2. The van der Waals surface area contributed by atoms with Crippen molar-refractivity contribution in [1.29, 1.82) is 0 Å². The summed E-state index contributed by atoms with van der Waals surface area (Å²) in [4.78, 5) is 61.1. The first-order chi connectivity index (χ1) is 25.8. The number of hydrogen-bond acceptors (Lipinski definition) is 7. The van der Waals surface area contributed by atoms with Gasteiger partial charge in [0.1, 0.15) is 0 Å². The number of aromatic nitrogens is 4. The number of H-pyrrole nitrogens is 2. The minimum atomic E-state index is -0.418. The van der Waals surface area contributed by atoms with E-state index in [2.05, 4.69) is 49.8 Å². The largest absolute Gasteiger partial charge is 0.469 e. The lowest BCUT2D eigenvalue weighted by molar-refractivity contribution is -0.140. The lowest BCUT2D eigenvalue weighted by Gasteiger charge is -2.27. The van der Waals surface area contributed by atoms with Gasteiger partial charge in [0.15, 0.2) is 0 Å². The first-order valence-corrected chi connectivity index (χ1v) is 18.8. The molecule has 0 fully saturated rings. The molecule has 6 heterocycles. The van der Waals surface area contributed by atoms with Crippen LogP contribution in [0.5, 0.6) is 0 Å². The summed E-state index contributed by atoms with van der Waals surface area (Å²) in [5.74, 6) is -1.58. The highest BCUT2D eigenvalue weighted by Gasteiger charge is 2.41. The van der Waals surface area contributed by atoms with E-state index in [4.69, 9.17) is 19.4 Å². The fraction of sp³-hybridized carbons (Fsp3) is 0.386. The molecule has 3 aromatic heterocycles. The number of aromatic amines is 2. The van der Waals surface area contributed by atoms with Crippen LogP contribution in [0.3, 0.4) is 0 Å². The molecular formula is C44H49N5O5. The number of esters is 1. The number of nitrogens with zero attached hydrogens (tertiary/aromatic N) is 3. The predicted molar refractivity (Wildman–Crippen MR) is 211 cm³/mol. The number of allylic oxidation sites excluding steroid dienone is 2. The smallest absolute Gasteiger partial charge is 0.305 e. The van der Waals surface area contributed by atoms with Crippen LogP contribution in [-0.2, 0) is 20.8 Å². The summed E-state index contributed by atoms with van der Waals surface area (Å²) in [5.41, 5.74) is 14.7. The summed E-state index contributed by atoms with van der Waals surface area (Å²) in [6.07, 6.45) is 1.12. The molecule has 8 bridgehead atoms. The van der Waals surface area contributed by atoms with Crippen LogP contribution in [0.4, 0.5) is 0 Å². The molecule has 0 saturated heterocycles. The van der Waals surface area contributed by atoms with E-state index in [0.29, 0.717) is 34.3 Å². The van der Waals surface area contributed by atoms with Gasteiger partial charge in [0, 0.05) is 53.2 Å². The topological polar surface area (TPSA) is 130 Å². The summed E-state index contributed by atoms with van der Waals surface area (Å²) >= 11 is 0. The molecule has 10 heteroatoms. The fourth-order valence-electron chi connectivity index (χ4n) is 8.65. The number of ether oxygens (including phenoxy) is 2. The third kappa shape index (κ3) is 6.16. The second-order valence-corrected chi connectivity index (χ2v) is 15.1. The van der Waals surface area contributed by atoms with Crippen molar-refractivity contribution < 1.29 is 23.9 Å². The first-order valence-electron chi connectivity index (χ1n) is 18.8. The zero-order chi connectivity index (χ0) is 38.7. The van der Waals surface area contributed by atoms with Gasteiger partial charge >= 0.3 is 5.97 Å². The number of carbonyl (C=O) groups is 3. The maximum atomic E-state index is 15.0. The maximum absolute atomic E-state index is 15.0. The molecule has 4 aromatic rings. The summed E-state index contributed by atoms with van der Waals surface area (Å²) in [7, 11) is 3.09. The van der Waals surface area contributed by atoms with Gasteiger partial charge in [-0.1, -0.05) is 43.2 Å². The Labute approximate surface area is 316 Å². The van der Waals surface area contributed by atoms with Crippen LogP contribution in [0, 0.1) is 27.7 Å². The van der Waals surface area contributed by atoms with Gasteiger partial charge in [-0.15, -0.1) is 0 Å². The molecule has 7 rings (SSSR count). The average molecular weight is 728 g/mol. The molecule has 1 unspecified atom stereocenters. The minimum Gasteiger partial charge on any atom is -0.469 e. The molecule has 280 valence electrons. The number of fused-ring (bicyclic) bond motifs is 8. The van der Waals surface area contributed by atoms with Crippen LogP contribution in [0.25, 0.3) is 33.2 Å². The standard InChI is InChI=1S/C44H49N5O5/c1-11-29-23(4)31-19-36-38(27(8)53-9)25(6)33(46-36)17-32-24(5)30(12-13-37(50)54-10)41(47-32)40-42-39(26(7)34(48-42)18-35(29)45-31)43(51)49(44(40)52)20-28-15-21(2)14-22(3)16-28/h14-19,24,27,30,46,48H,11-13,20H2,1-10H3/t24-,27?,30-/m0/s1. The highest BCUT2D eigenvalue weighted by molar-refractivity contribution is 6.23. The van der Waals surface area contributed by atoms with E-state index >= 15 is 0 Å². The van der Waals surface area contributed by atoms with Crippen LogP contribution in [0.1, 0.15) is 142 Å². The number of rotatable bonds is 8. The number of amides is 2. The molecule has 2 N–H and O–H groups in total. The highest BCUT2D eigenvalue weighted by Crippen LogP contribution is 2.44. The van der Waals surface area contributed by atoms with E-state index < -0.39 is 5.91 Å². The van der Waals surface area contributed by atoms with Crippen LogP contribution in [-0.4, -0.2) is 56.8 Å². The number of aryl methyl sites for hydroxylation is 4. The van der Waals surface area contributed by atoms with Gasteiger partial charge in [-0.2, -0.15) is 0 Å². The number of carbonyl (C=O) groups excluding carboxylic acids is 3. The van der Waals surface area contributed by atoms with Crippen molar-refractivity contribution in [2.75, 3.05) is 14.2 Å². The van der Waals surface area contributed by atoms with Gasteiger partial charge in [0.2, 0.25) is 0 Å². The van der Waals surface area contributed by atoms with Gasteiger partial charge in [-0.3, -0.25) is 24.3 Å². The number of imide groups is 1. The van der Waals surface area contributed by atoms with Crippen molar-refractivity contribution in [3.8, 4) is 0 Å². The van der Waals surface area contributed by atoms with Crippen LogP contribution in [0.2, 0.25) is 0 Å². The van der Waals surface area contributed by atoms with Crippen LogP contribution < -0.4 is 0 Å². The van der Waals surface area contributed by atoms with Gasteiger partial charge in [0.25, 0.3) is 11.8 Å². The monoisotopic (exact) mass is 727 g/mol. The zero-order valence-electron chi connectivity index (χ0n) is 32.9. The van der Waals surface area contributed by atoms with E-state index in [1.807, 2.05) is 52.0 Å². The van der Waals surface area contributed by atoms with Crippen molar-refractivity contribution in [1.82, 2.24) is 24.8 Å². The molecular weight excluding hydrogens is 679 g/mol. The lowest BCUT2D eigenvalue weighted by atomic mass is 9.84. The Morgan fingerprint density at radius 1 is 0.852 bits per heavy atom. The molecule has 3 aliphatic rings. The minimum absolute atomic E-state index is 0.110. The summed E-state index contributed by atoms with van der Waals surface area (Å²) in [5, 5.41) is 0. The second-order valence-electron chi connectivity index (χ2n) is 15.1. The Hall–Kier alpha value is -5.35. The Bertz CT molecular complexity index is 2430. The third-order valence-corrected chi connectivity index (χ3v) is 11.6. The Morgan fingerprint density at radius 3 is 2.19 bits per heavy atom. The van der Waals surface area contributed by atoms with E-state index in [9.17, 15) is 14.4 Å².